The first-order chi connectivity index (χ1) is 8.83. The Balaban J connectivity index is 2.75. The minimum absolute atomic E-state index is 0.131. The quantitative estimate of drug-likeness (QED) is 0.777. The first kappa shape index (κ1) is 15.6. The molecule has 0 spiro atoms. The van der Waals surface area contributed by atoms with Crippen molar-refractivity contribution in [1.82, 2.24) is 9.03 Å². The summed E-state index contributed by atoms with van der Waals surface area (Å²) in [4.78, 5) is 10.7. The Morgan fingerprint density at radius 2 is 1.89 bits per heavy atom. The normalized spacial score (nSPS) is 12.0. The van der Waals surface area contributed by atoms with Crippen LogP contribution in [0, 0.1) is 0 Å². The van der Waals surface area contributed by atoms with Crippen LogP contribution in [0.2, 0.25) is 0 Å². The first-order valence-corrected chi connectivity index (χ1v) is 7.29. The maximum absolute atomic E-state index is 12.0. The van der Waals surface area contributed by atoms with Gasteiger partial charge >= 0.3 is 5.97 Å². The molecule has 0 atom stereocenters. The monoisotopic (exact) mass is 286 g/mol. The lowest BCUT2D eigenvalue weighted by atomic mass is 10.2. The molecule has 0 aromatic heterocycles. The van der Waals surface area contributed by atoms with Crippen LogP contribution in [-0.4, -0.2) is 36.4 Å². The van der Waals surface area contributed by atoms with Crippen LogP contribution in [0.3, 0.4) is 0 Å². The molecule has 0 aliphatic heterocycles. The van der Waals surface area contributed by atoms with Crippen LogP contribution >= 0.6 is 0 Å². The highest BCUT2D eigenvalue weighted by Crippen LogP contribution is 2.06. The van der Waals surface area contributed by atoms with Crippen molar-refractivity contribution in [1.29, 1.82) is 0 Å². The third-order valence-corrected chi connectivity index (χ3v) is 4.15. The number of aliphatic carboxylic acids is 1. The molecule has 0 amide bonds. The van der Waals surface area contributed by atoms with Crippen LogP contribution in [0.4, 0.5) is 0 Å². The number of rotatable bonds is 7. The summed E-state index contributed by atoms with van der Waals surface area (Å²) in [6.07, 6.45) is 0. The number of carboxylic acids is 1. The second kappa shape index (κ2) is 6.65. The Bertz CT molecular complexity index is 514. The lowest BCUT2D eigenvalue weighted by molar-refractivity contribution is -0.137. The van der Waals surface area contributed by atoms with Crippen molar-refractivity contribution < 1.29 is 18.3 Å². The van der Waals surface area contributed by atoms with Crippen molar-refractivity contribution in [2.45, 2.75) is 26.4 Å². The highest BCUT2D eigenvalue weighted by Gasteiger charge is 2.26. The predicted octanol–water partition coefficient (Wildman–Crippen LogP) is 0.816. The van der Waals surface area contributed by atoms with Gasteiger partial charge in [0.25, 0.3) is 10.2 Å². The number of hydrogen-bond donors (Lipinski definition) is 2. The van der Waals surface area contributed by atoms with E-state index >= 15 is 0 Å². The third-order valence-electron chi connectivity index (χ3n) is 2.48. The second-order valence-corrected chi connectivity index (χ2v) is 6.05. The fourth-order valence-electron chi connectivity index (χ4n) is 1.53. The average Bonchev–Trinajstić information content (AvgIpc) is 2.34. The molecule has 2 N–H and O–H groups in total. The van der Waals surface area contributed by atoms with Crippen LogP contribution in [0.15, 0.2) is 30.3 Å². The van der Waals surface area contributed by atoms with Gasteiger partial charge in [0, 0.05) is 12.6 Å². The minimum atomic E-state index is -3.81. The molecule has 0 aliphatic carbocycles. The standard InChI is InChI=1S/C12H18N2O4S/c1-10(2)14(9-12(15)16)19(17,18)13-8-11-6-4-3-5-7-11/h3-7,10,13H,8-9H2,1-2H3,(H,15,16). The molecule has 0 saturated heterocycles. The van der Waals surface area contributed by atoms with Crippen molar-refractivity contribution in [3.8, 4) is 0 Å². The second-order valence-electron chi connectivity index (χ2n) is 4.34. The Morgan fingerprint density at radius 3 is 2.37 bits per heavy atom. The molecule has 7 heteroatoms. The molecule has 1 rings (SSSR count). The maximum atomic E-state index is 12.0. The molecular weight excluding hydrogens is 268 g/mol. The van der Waals surface area contributed by atoms with Crippen LogP contribution < -0.4 is 4.72 Å². The molecule has 19 heavy (non-hydrogen) atoms. The average molecular weight is 286 g/mol. The number of carbonyl (C=O) groups is 1. The Morgan fingerprint density at radius 1 is 1.32 bits per heavy atom. The zero-order valence-corrected chi connectivity index (χ0v) is 11.7. The molecule has 1 aromatic carbocycles. The van der Waals surface area contributed by atoms with E-state index < -0.39 is 28.8 Å². The number of carboxylic acid groups (broad SMARTS) is 1. The highest BCUT2D eigenvalue weighted by molar-refractivity contribution is 7.87. The van der Waals surface area contributed by atoms with Gasteiger partial charge in [0.2, 0.25) is 0 Å². The number of nitrogens with zero attached hydrogens (tertiary/aromatic N) is 1. The van der Waals surface area contributed by atoms with Crippen molar-refractivity contribution in [3.63, 3.8) is 0 Å². The van der Waals surface area contributed by atoms with E-state index in [9.17, 15) is 13.2 Å². The summed E-state index contributed by atoms with van der Waals surface area (Å²) in [6, 6.07) is 8.61. The Kier molecular flexibility index (Phi) is 5.46. The van der Waals surface area contributed by atoms with E-state index in [0.717, 1.165) is 9.87 Å². The van der Waals surface area contributed by atoms with Crippen molar-refractivity contribution in [2.24, 2.45) is 0 Å². The zero-order valence-electron chi connectivity index (χ0n) is 10.9. The molecule has 106 valence electrons. The summed E-state index contributed by atoms with van der Waals surface area (Å²) in [5.41, 5.74) is 0.810. The Labute approximate surface area is 113 Å². The van der Waals surface area contributed by atoms with E-state index in [-0.39, 0.29) is 6.54 Å². The van der Waals surface area contributed by atoms with Crippen LogP contribution in [0.5, 0.6) is 0 Å². The molecule has 0 unspecified atom stereocenters. The van der Waals surface area contributed by atoms with E-state index in [1.165, 1.54) is 0 Å². The molecule has 0 heterocycles. The molecule has 1 aromatic rings. The Hall–Kier alpha value is -1.44. The van der Waals surface area contributed by atoms with Gasteiger partial charge in [-0.2, -0.15) is 17.4 Å². The zero-order chi connectivity index (χ0) is 14.5. The maximum Gasteiger partial charge on any atom is 0.318 e. The predicted molar refractivity (Wildman–Crippen MR) is 71.7 cm³/mol. The lowest BCUT2D eigenvalue weighted by Gasteiger charge is -2.24. The summed E-state index contributed by atoms with van der Waals surface area (Å²) < 4.78 is 27.4. The summed E-state index contributed by atoms with van der Waals surface area (Å²) in [6.45, 7) is 2.84. The molecule has 0 bridgehead atoms. The molecule has 0 fully saturated rings. The number of nitrogens with one attached hydrogen (secondary N) is 1. The number of benzene rings is 1. The van der Waals surface area contributed by atoms with Crippen molar-refractivity contribution >= 4 is 16.2 Å². The molecular formula is C12H18N2O4S. The summed E-state index contributed by atoms with van der Waals surface area (Å²) in [5.74, 6) is -1.18. The van der Waals surface area contributed by atoms with Gasteiger partial charge < -0.3 is 5.11 Å². The fraction of sp³-hybridized carbons (Fsp3) is 0.417. The molecule has 0 radical (unpaired) electrons. The topological polar surface area (TPSA) is 86.7 Å². The summed E-state index contributed by atoms with van der Waals surface area (Å²) in [7, 11) is -3.81. The van der Waals surface area contributed by atoms with E-state index in [0.29, 0.717) is 0 Å². The van der Waals surface area contributed by atoms with E-state index in [2.05, 4.69) is 4.72 Å². The van der Waals surface area contributed by atoms with Crippen molar-refractivity contribution in [3.05, 3.63) is 35.9 Å². The van der Waals surface area contributed by atoms with E-state index in [1.807, 2.05) is 6.07 Å². The molecule has 0 aliphatic rings. The van der Waals surface area contributed by atoms with Gasteiger partial charge in [-0.05, 0) is 19.4 Å². The summed E-state index contributed by atoms with van der Waals surface area (Å²) >= 11 is 0. The van der Waals surface area contributed by atoms with Crippen LogP contribution in [0.1, 0.15) is 19.4 Å². The van der Waals surface area contributed by atoms with E-state index in [4.69, 9.17) is 5.11 Å². The number of hydrogen-bond acceptors (Lipinski definition) is 3. The third kappa shape index (κ3) is 4.98. The van der Waals surface area contributed by atoms with Crippen LogP contribution in [0.25, 0.3) is 0 Å². The summed E-state index contributed by atoms with van der Waals surface area (Å²) in [5, 5.41) is 8.75. The van der Waals surface area contributed by atoms with Gasteiger partial charge in [-0.3, -0.25) is 4.79 Å². The van der Waals surface area contributed by atoms with Gasteiger partial charge in [-0.1, -0.05) is 30.3 Å². The first-order valence-electron chi connectivity index (χ1n) is 5.85. The minimum Gasteiger partial charge on any atom is -0.480 e. The SMILES string of the molecule is CC(C)N(CC(=O)O)S(=O)(=O)NCc1ccccc1. The molecule has 0 saturated carbocycles. The van der Waals surface area contributed by atoms with Gasteiger partial charge in [-0.15, -0.1) is 0 Å². The lowest BCUT2D eigenvalue weighted by Crippen LogP contribution is -2.46. The highest BCUT2D eigenvalue weighted by atomic mass is 32.2. The van der Waals surface area contributed by atoms with Gasteiger partial charge in [0.15, 0.2) is 0 Å². The van der Waals surface area contributed by atoms with Gasteiger partial charge in [-0.25, -0.2) is 0 Å². The smallest absolute Gasteiger partial charge is 0.318 e. The van der Waals surface area contributed by atoms with Gasteiger partial charge in [0.05, 0.1) is 0 Å². The van der Waals surface area contributed by atoms with Gasteiger partial charge in [0.1, 0.15) is 6.54 Å². The largest absolute Gasteiger partial charge is 0.480 e. The fourth-order valence-corrected chi connectivity index (χ4v) is 2.88. The van der Waals surface area contributed by atoms with Crippen molar-refractivity contribution in [2.75, 3.05) is 6.54 Å². The molecule has 6 nitrogen and oxygen atoms in total. The van der Waals surface area contributed by atoms with Crippen LogP contribution in [-0.2, 0) is 21.5 Å². The van der Waals surface area contributed by atoms with E-state index in [1.54, 1.807) is 38.1 Å².